The molecule has 0 atom stereocenters. The van der Waals surface area contributed by atoms with E-state index in [9.17, 15) is 10.1 Å². The highest BCUT2D eigenvalue weighted by Gasteiger charge is 2.15. The van der Waals surface area contributed by atoms with Crippen molar-refractivity contribution in [3.05, 3.63) is 75.8 Å². The number of rotatable bonds is 7. The van der Waals surface area contributed by atoms with Gasteiger partial charge in [-0.05, 0) is 5.56 Å². The first-order valence-electron chi connectivity index (χ1n) is 6.89. The van der Waals surface area contributed by atoms with Crippen LogP contribution in [0, 0.1) is 10.1 Å². The molecule has 0 radical (unpaired) electrons. The largest absolute Gasteiger partial charge is 0.329 e. The summed E-state index contributed by atoms with van der Waals surface area (Å²) in [6.45, 7) is 2.46. The van der Waals surface area contributed by atoms with Crippen LogP contribution in [0.15, 0.2) is 54.6 Å². The highest BCUT2D eigenvalue weighted by atomic mass is 16.6. The molecule has 0 saturated heterocycles. The zero-order valence-corrected chi connectivity index (χ0v) is 11.8. The van der Waals surface area contributed by atoms with Crippen LogP contribution in [0.4, 0.5) is 5.69 Å². The predicted octanol–water partition coefficient (Wildman–Crippen LogP) is 2.56. The normalized spacial score (nSPS) is 10.8. The lowest BCUT2D eigenvalue weighted by Crippen LogP contribution is -2.29. The first-order valence-corrected chi connectivity index (χ1v) is 6.89. The lowest BCUT2D eigenvalue weighted by atomic mass is 10.1. The smallest absolute Gasteiger partial charge is 0.273 e. The molecule has 2 aromatic carbocycles. The number of nitrogens with two attached hydrogens (primary N) is 1. The minimum Gasteiger partial charge on any atom is -0.329 e. The minimum absolute atomic E-state index is 0.160. The minimum atomic E-state index is -0.335. The van der Waals surface area contributed by atoms with E-state index < -0.39 is 0 Å². The molecule has 0 spiro atoms. The molecule has 0 aliphatic rings. The number of para-hydroxylation sites is 1. The molecule has 5 nitrogen and oxygen atoms in total. The van der Waals surface area contributed by atoms with Crippen LogP contribution < -0.4 is 5.73 Å². The standard InChI is InChI=1S/C16H19N3O2/c17-10-11-18(12-14-6-2-1-3-7-14)13-15-8-4-5-9-16(15)19(20)21/h1-9H,10-13,17H2. The fourth-order valence-corrected chi connectivity index (χ4v) is 2.30. The van der Waals surface area contributed by atoms with Crippen LogP contribution in [0.3, 0.4) is 0 Å². The van der Waals surface area contributed by atoms with E-state index >= 15 is 0 Å². The van der Waals surface area contributed by atoms with Gasteiger partial charge in [0.1, 0.15) is 0 Å². The number of nitrogens with zero attached hydrogens (tertiary/aromatic N) is 2. The average molecular weight is 285 g/mol. The van der Waals surface area contributed by atoms with Crippen molar-refractivity contribution in [2.24, 2.45) is 5.73 Å². The summed E-state index contributed by atoms with van der Waals surface area (Å²) in [4.78, 5) is 12.9. The Balaban J connectivity index is 2.15. The molecule has 21 heavy (non-hydrogen) atoms. The summed E-state index contributed by atoms with van der Waals surface area (Å²) in [6.07, 6.45) is 0. The Morgan fingerprint density at radius 1 is 1.00 bits per heavy atom. The van der Waals surface area contributed by atoms with E-state index in [-0.39, 0.29) is 10.6 Å². The highest BCUT2D eigenvalue weighted by Crippen LogP contribution is 2.20. The summed E-state index contributed by atoms with van der Waals surface area (Å²) in [6, 6.07) is 16.9. The third-order valence-corrected chi connectivity index (χ3v) is 3.28. The molecule has 2 aromatic rings. The fraction of sp³-hybridized carbons (Fsp3) is 0.250. The van der Waals surface area contributed by atoms with E-state index in [2.05, 4.69) is 4.90 Å². The maximum Gasteiger partial charge on any atom is 0.273 e. The second kappa shape index (κ2) is 7.52. The SMILES string of the molecule is NCCN(Cc1ccccc1)Cc1ccccc1[N+](=O)[O-]. The molecular formula is C16H19N3O2. The summed E-state index contributed by atoms with van der Waals surface area (Å²) < 4.78 is 0. The van der Waals surface area contributed by atoms with Crippen LogP contribution in [-0.4, -0.2) is 22.9 Å². The Bertz CT molecular complexity index is 587. The third kappa shape index (κ3) is 4.37. The van der Waals surface area contributed by atoms with Crippen LogP contribution >= 0.6 is 0 Å². The molecule has 110 valence electrons. The molecule has 0 aliphatic carbocycles. The van der Waals surface area contributed by atoms with E-state index in [1.165, 1.54) is 5.56 Å². The van der Waals surface area contributed by atoms with E-state index in [1.807, 2.05) is 36.4 Å². The van der Waals surface area contributed by atoms with Gasteiger partial charge in [-0.1, -0.05) is 48.5 Å². The van der Waals surface area contributed by atoms with Gasteiger partial charge in [-0.2, -0.15) is 0 Å². The summed E-state index contributed by atoms with van der Waals surface area (Å²) >= 11 is 0. The molecule has 0 amide bonds. The summed E-state index contributed by atoms with van der Waals surface area (Å²) in [5, 5.41) is 11.1. The lowest BCUT2D eigenvalue weighted by molar-refractivity contribution is -0.385. The zero-order valence-electron chi connectivity index (χ0n) is 11.8. The maximum absolute atomic E-state index is 11.1. The Hall–Kier alpha value is -2.24. The predicted molar refractivity (Wildman–Crippen MR) is 82.7 cm³/mol. The van der Waals surface area contributed by atoms with Gasteiger partial charge in [0.15, 0.2) is 0 Å². The second-order valence-electron chi connectivity index (χ2n) is 4.87. The van der Waals surface area contributed by atoms with Crippen molar-refractivity contribution < 1.29 is 4.92 Å². The molecule has 0 aliphatic heterocycles. The topological polar surface area (TPSA) is 72.4 Å². The molecule has 2 rings (SSSR count). The molecule has 2 N–H and O–H groups in total. The monoisotopic (exact) mass is 285 g/mol. The van der Waals surface area contributed by atoms with Gasteiger partial charge >= 0.3 is 0 Å². The Labute approximate surface area is 124 Å². The van der Waals surface area contributed by atoms with Gasteiger partial charge in [0.25, 0.3) is 5.69 Å². The zero-order chi connectivity index (χ0) is 15.1. The van der Waals surface area contributed by atoms with E-state index in [1.54, 1.807) is 18.2 Å². The molecule has 0 fully saturated rings. The molecular weight excluding hydrogens is 266 g/mol. The Kier molecular flexibility index (Phi) is 5.43. The average Bonchev–Trinajstić information content (AvgIpc) is 2.49. The molecule has 0 saturated carbocycles. The van der Waals surface area contributed by atoms with Crippen molar-refractivity contribution in [3.63, 3.8) is 0 Å². The van der Waals surface area contributed by atoms with Crippen LogP contribution in [0.5, 0.6) is 0 Å². The molecule has 5 heteroatoms. The van der Waals surface area contributed by atoms with E-state index in [4.69, 9.17) is 5.73 Å². The van der Waals surface area contributed by atoms with Gasteiger partial charge in [-0.3, -0.25) is 15.0 Å². The summed E-state index contributed by atoms with van der Waals surface area (Å²) in [5.41, 5.74) is 7.70. The highest BCUT2D eigenvalue weighted by molar-refractivity contribution is 5.39. The number of hydrogen-bond acceptors (Lipinski definition) is 4. The Morgan fingerprint density at radius 2 is 1.67 bits per heavy atom. The molecule has 0 bridgehead atoms. The van der Waals surface area contributed by atoms with Gasteiger partial charge in [-0.15, -0.1) is 0 Å². The molecule has 0 heterocycles. The molecule has 0 unspecified atom stereocenters. The fourth-order valence-electron chi connectivity index (χ4n) is 2.30. The van der Waals surface area contributed by atoms with Crippen molar-refractivity contribution in [1.82, 2.24) is 4.90 Å². The third-order valence-electron chi connectivity index (χ3n) is 3.28. The van der Waals surface area contributed by atoms with Gasteiger partial charge in [0.05, 0.1) is 4.92 Å². The quantitative estimate of drug-likeness (QED) is 0.627. The van der Waals surface area contributed by atoms with Crippen LogP contribution in [0.1, 0.15) is 11.1 Å². The number of hydrogen-bond donors (Lipinski definition) is 1. The molecule has 0 aromatic heterocycles. The van der Waals surface area contributed by atoms with Crippen molar-refractivity contribution in [1.29, 1.82) is 0 Å². The summed E-state index contributed by atoms with van der Waals surface area (Å²) in [5.74, 6) is 0. The van der Waals surface area contributed by atoms with Crippen molar-refractivity contribution in [2.45, 2.75) is 13.1 Å². The number of benzene rings is 2. The van der Waals surface area contributed by atoms with Crippen molar-refractivity contribution >= 4 is 5.69 Å². The van der Waals surface area contributed by atoms with E-state index in [0.717, 1.165) is 6.54 Å². The first kappa shape index (κ1) is 15.2. The van der Waals surface area contributed by atoms with Gasteiger partial charge in [-0.25, -0.2) is 0 Å². The second-order valence-corrected chi connectivity index (χ2v) is 4.87. The van der Waals surface area contributed by atoms with Crippen molar-refractivity contribution in [2.75, 3.05) is 13.1 Å². The van der Waals surface area contributed by atoms with E-state index in [0.29, 0.717) is 25.2 Å². The van der Waals surface area contributed by atoms with Crippen LogP contribution in [0.25, 0.3) is 0 Å². The maximum atomic E-state index is 11.1. The number of nitro benzene ring substituents is 1. The first-order chi connectivity index (χ1) is 10.2. The van der Waals surface area contributed by atoms with Gasteiger partial charge < -0.3 is 5.73 Å². The van der Waals surface area contributed by atoms with Gasteiger partial charge in [0.2, 0.25) is 0 Å². The number of nitro groups is 1. The lowest BCUT2D eigenvalue weighted by Gasteiger charge is -2.21. The van der Waals surface area contributed by atoms with Gasteiger partial charge in [0, 0.05) is 37.8 Å². The van der Waals surface area contributed by atoms with Crippen LogP contribution in [0.2, 0.25) is 0 Å². The Morgan fingerprint density at radius 3 is 2.33 bits per heavy atom. The van der Waals surface area contributed by atoms with Crippen molar-refractivity contribution in [3.8, 4) is 0 Å². The van der Waals surface area contributed by atoms with Crippen LogP contribution in [-0.2, 0) is 13.1 Å². The summed E-state index contributed by atoms with van der Waals surface area (Å²) in [7, 11) is 0.